The second-order valence-electron chi connectivity index (χ2n) is 4.20. The summed E-state index contributed by atoms with van der Waals surface area (Å²) in [5, 5.41) is 23.7. The van der Waals surface area contributed by atoms with Gasteiger partial charge in [-0.05, 0) is 18.2 Å². The highest BCUT2D eigenvalue weighted by atomic mass is 16.3. The maximum atomic E-state index is 10.9. The summed E-state index contributed by atoms with van der Waals surface area (Å²) in [5.74, 6) is 9.54. The van der Waals surface area contributed by atoms with Crippen LogP contribution < -0.4 is 11.7 Å². The molecule has 1 heterocycles. The quantitative estimate of drug-likeness (QED) is 0.140. The normalized spacial score (nSPS) is 12.2. The molecule has 11 heteroatoms. The molecule has 0 unspecified atom stereocenters. The number of aromatic nitrogens is 1. The van der Waals surface area contributed by atoms with Crippen LogP contribution in [-0.2, 0) is 0 Å². The lowest BCUT2D eigenvalue weighted by molar-refractivity contribution is 0.111. The van der Waals surface area contributed by atoms with Crippen LogP contribution in [0.3, 0.4) is 0 Å². The van der Waals surface area contributed by atoms with Gasteiger partial charge in [0.2, 0.25) is 5.84 Å². The summed E-state index contributed by atoms with van der Waals surface area (Å²) < 4.78 is 0. The summed E-state index contributed by atoms with van der Waals surface area (Å²) in [5.41, 5.74) is 14.5. The maximum Gasteiger partial charge on any atom is 0.203 e. The van der Waals surface area contributed by atoms with E-state index in [1.54, 1.807) is 0 Å². The molecule has 2 rings (SSSR count). The second kappa shape index (κ2) is 6.34. The number of pyridine rings is 1. The van der Waals surface area contributed by atoms with Crippen molar-refractivity contribution < 1.29 is 9.90 Å². The summed E-state index contributed by atoms with van der Waals surface area (Å²) >= 11 is 0. The molecule has 0 aliphatic rings. The molecule has 0 saturated heterocycles. The van der Waals surface area contributed by atoms with Gasteiger partial charge < -0.3 is 16.8 Å². The molecule has 1 aromatic heterocycles. The number of phenolic OH excluding ortho intramolecular Hbond substituents is 1. The third-order valence-corrected chi connectivity index (χ3v) is 3.03. The first-order valence-corrected chi connectivity index (χ1v) is 6.04. The maximum absolute atomic E-state index is 10.9. The lowest BCUT2D eigenvalue weighted by Crippen LogP contribution is -2.07. The third-order valence-electron chi connectivity index (χ3n) is 3.03. The molecular formula is C12H11N9O2. The lowest BCUT2D eigenvalue weighted by Gasteiger charge is -2.11. The molecule has 0 atom stereocenters. The Morgan fingerprint density at radius 3 is 2.26 bits per heavy atom. The number of amidine groups is 2. The van der Waals surface area contributed by atoms with Crippen molar-refractivity contribution in [2.75, 3.05) is 0 Å². The van der Waals surface area contributed by atoms with Crippen molar-refractivity contribution in [3.8, 4) is 5.75 Å². The number of carbonyl (C=O) groups is 1. The van der Waals surface area contributed by atoms with Crippen molar-refractivity contribution >= 4 is 28.9 Å². The minimum atomic E-state index is -0.381. The average Bonchev–Trinajstić information content (AvgIpc) is 2.59. The van der Waals surface area contributed by atoms with Crippen LogP contribution in [0.5, 0.6) is 5.75 Å². The number of aromatic hydroxyl groups is 1. The van der Waals surface area contributed by atoms with Crippen LogP contribution in [0.15, 0.2) is 38.6 Å². The molecule has 0 fully saturated rings. The molecule has 7 N–H and O–H groups in total. The van der Waals surface area contributed by atoms with E-state index in [1.807, 2.05) is 0 Å². The third kappa shape index (κ3) is 2.57. The SMILES string of the molecule is N=NC(=NN)c1cc(C(N=N)=NN)c2ccc(C=O)nc2c1O. The van der Waals surface area contributed by atoms with Gasteiger partial charge in [-0.1, -0.05) is 0 Å². The number of carbonyl (C=O) groups excluding carboxylic acids is 1. The Kier molecular flexibility index (Phi) is 4.31. The molecule has 11 nitrogen and oxygen atoms in total. The molecule has 0 spiro atoms. The Morgan fingerprint density at radius 2 is 1.74 bits per heavy atom. The van der Waals surface area contributed by atoms with E-state index in [4.69, 9.17) is 22.7 Å². The highest BCUT2D eigenvalue weighted by molar-refractivity contribution is 6.15. The predicted molar refractivity (Wildman–Crippen MR) is 80.5 cm³/mol. The summed E-state index contributed by atoms with van der Waals surface area (Å²) in [6.45, 7) is 0. The summed E-state index contributed by atoms with van der Waals surface area (Å²) in [7, 11) is 0. The number of hydrogen-bond donors (Lipinski definition) is 5. The number of phenols is 1. The van der Waals surface area contributed by atoms with Crippen molar-refractivity contribution in [2.45, 2.75) is 0 Å². The van der Waals surface area contributed by atoms with Gasteiger partial charge in [0.1, 0.15) is 11.2 Å². The van der Waals surface area contributed by atoms with Gasteiger partial charge in [0, 0.05) is 10.9 Å². The van der Waals surface area contributed by atoms with E-state index in [9.17, 15) is 9.90 Å². The molecule has 0 bridgehead atoms. The highest BCUT2D eigenvalue weighted by Crippen LogP contribution is 2.32. The summed E-state index contributed by atoms with van der Waals surface area (Å²) in [6.07, 6.45) is 0.505. The fourth-order valence-electron chi connectivity index (χ4n) is 2.03. The first-order chi connectivity index (χ1) is 11.1. The van der Waals surface area contributed by atoms with Crippen molar-refractivity contribution in [3.05, 3.63) is 35.0 Å². The van der Waals surface area contributed by atoms with Crippen molar-refractivity contribution in [1.29, 1.82) is 11.1 Å². The Labute approximate surface area is 128 Å². The molecule has 0 saturated carbocycles. The van der Waals surface area contributed by atoms with Gasteiger partial charge in [0.15, 0.2) is 17.9 Å². The molecule has 0 radical (unpaired) electrons. The number of nitrogens with zero attached hydrogens (tertiary/aromatic N) is 5. The van der Waals surface area contributed by atoms with Gasteiger partial charge >= 0.3 is 0 Å². The van der Waals surface area contributed by atoms with Crippen LogP contribution in [0, 0.1) is 11.1 Å². The average molecular weight is 313 g/mol. The largest absolute Gasteiger partial charge is 0.505 e. The topological polar surface area (TPSA) is 199 Å². The van der Waals surface area contributed by atoms with Crippen molar-refractivity contribution in [3.63, 3.8) is 0 Å². The Hall–Kier alpha value is -3.76. The number of benzene rings is 1. The fourth-order valence-corrected chi connectivity index (χ4v) is 2.03. The second-order valence-corrected chi connectivity index (χ2v) is 4.20. The van der Waals surface area contributed by atoms with Crippen LogP contribution in [0.4, 0.5) is 0 Å². The van der Waals surface area contributed by atoms with E-state index in [0.717, 1.165) is 0 Å². The van der Waals surface area contributed by atoms with Crippen molar-refractivity contribution in [2.24, 2.45) is 32.1 Å². The fraction of sp³-hybridized carbons (Fsp3) is 0. The minimum Gasteiger partial charge on any atom is -0.505 e. The van der Waals surface area contributed by atoms with Gasteiger partial charge in [-0.25, -0.2) is 16.0 Å². The smallest absolute Gasteiger partial charge is 0.203 e. The first kappa shape index (κ1) is 15.6. The molecule has 0 aliphatic carbocycles. The van der Waals surface area contributed by atoms with E-state index in [2.05, 4.69) is 25.4 Å². The molecule has 2 aromatic rings. The Balaban J connectivity index is 2.99. The molecule has 0 aliphatic heterocycles. The zero-order valence-electron chi connectivity index (χ0n) is 11.6. The highest BCUT2D eigenvalue weighted by Gasteiger charge is 2.20. The zero-order chi connectivity index (χ0) is 17.0. The number of rotatable bonds is 3. The predicted octanol–water partition coefficient (Wildman–Crippen LogP) is 1.06. The van der Waals surface area contributed by atoms with E-state index >= 15 is 0 Å². The van der Waals surface area contributed by atoms with Crippen LogP contribution in [0.25, 0.3) is 10.9 Å². The molecule has 1 aromatic carbocycles. The van der Waals surface area contributed by atoms with E-state index < -0.39 is 0 Å². The summed E-state index contributed by atoms with van der Waals surface area (Å²) in [6, 6.07) is 4.24. The van der Waals surface area contributed by atoms with Gasteiger partial charge in [-0.2, -0.15) is 10.2 Å². The lowest BCUT2D eigenvalue weighted by atomic mass is 10.0. The van der Waals surface area contributed by atoms with Crippen LogP contribution in [-0.4, -0.2) is 28.0 Å². The molecule has 0 amide bonds. The van der Waals surface area contributed by atoms with Crippen LogP contribution >= 0.6 is 0 Å². The van der Waals surface area contributed by atoms with Crippen LogP contribution in [0.1, 0.15) is 21.6 Å². The molecular weight excluding hydrogens is 302 g/mol. The molecule has 23 heavy (non-hydrogen) atoms. The van der Waals surface area contributed by atoms with E-state index in [-0.39, 0.29) is 39.8 Å². The zero-order valence-corrected chi connectivity index (χ0v) is 11.6. The number of hydrogen-bond acceptors (Lipinski definition) is 9. The van der Waals surface area contributed by atoms with Gasteiger partial charge in [0.25, 0.3) is 0 Å². The molecule has 116 valence electrons. The van der Waals surface area contributed by atoms with Crippen molar-refractivity contribution in [1.82, 2.24) is 4.98 Å². The number of nitrogens with one attached hydrogen (secondary N) is 2. The van der Waals surface area contributed by atoms with Gasteiger partial charge in [0.05, 0.1) is 5.56 Å². The minimum absolute atomic E-state index is 0.0108. The summed E-state index contributed by atoms with van der Waals surface area (Å²) in [4.78, 5) is 14.9. The number of hydrazone groups is 2. The Morgan fingerprint density at radius 1 is 1.13 bits per heavy atom. The number of nitrogens with two attached hydrogens (primary N) is 2. The first-order valence-electron chi connectivity index (χ1n) is 6.04. The number of fused-ring (bicyclic) bond motifs is 1. The van der Waals surface area contributed by atoms with E-state index in [1.165, 1.54) is 18.2 Å². The van der Waals surface area contributed by atoms with Gasteiger partial charge in [-0.3, -0.25) is 4.79 Å². The van der Waals surface area contributed by atoms with Crippen LogP contribution in [0.2, 0.25) is 0 Å². The monoisotopic (exact) mass is 313 g/mol. The standard InChI is InChI=1S/C12H11N9O2/c13-18-11(19-14)7-3-8(12(20-15)21-16)10(23)9-6(7)2-1-5(4-22)17-9/h1-4,13,15,23H,14,16H2. The van der Waals surface area contributed by atoms with E-state index in [0.29, 0.717) is 11.7 Å². The Bertz CT molecular complexity index is 872. The number of aldehydes is 1. The van der Waals surface area contributed by atoms with Gasteiger partial charge in [-0.15, -0.1) is 10.2 Å².